The Bertz CT molecular complexity index is 539. The highest BCUT2D eigenvalue weighted by Gasteiger charge is 2.08. The maximum Gasteiger partial charge on any atom is 0.176 e. The number of nitrogens with zero attached hydrogens (tertiary/aromatic N) is 1. The molecule has 0 saturated carbocycles. The van der Waals surface area contributed by atoms with E-state index in [0.29, 0.717) is 5.56 Å². The van der Waals surface area contributed by atoms with Crippen LogP contribution in [0.4, 0.5) is 0 Å². The molecule has 2 aromatic carbocycles. The van der Waals surface area contributed by atoms with Crippen LogP contribution in [0.15, 0.2) is 46.0 Å². The van der Waals surface area contributed by atoms with Gasteiger partial charge < -0.3 is 5.21 Å². The van der Waals surface area contributed by atoms with Gasteiger partial charge in [-0.3, -0.25) is 0 Å². The second kappa shape index (κ2) is 4.21. The van der Waals surface area contributed by atoms with Gasteiger partial charge in [0.15, 0.2) is 5.17 Å². The Balaban J connectivity index is 2.76. The topological polar surface area (TPSA) is 32.6 Å². The van der Waals surface area contributed by atoms with Gasteiger partial charge in [-0.2, -0.15) is 0 Å². The van der Waals surface area contributed by atoms with Crippen molar-refractivity contribution in [2.75, 3.05) is 0 Å². The van der Waals surface area contributed by atoms with Gasteiger partial charge in [0, 0.05) is 10.0 Å². The smallest absolute Gasteiger partial charge is 0.176 e. The molecule has 76 valence electrons. The highest BCUT2D eigenvalue weighted by atomic mass is 79.9. The Morgan fingerprint density at radius 2 is 1.93 bits per heavy atom. The normalized spacial score (nSPS) is 12.0. The van der Waals surface area contributed by atoms with Crippen LogP contribution in [0, 0.1) is 0 Å². The minimum atomic E-state index is 0.0765. The summed E-state index contributed by atoms with van der Waals surface area (Å²) in [5, 5.41) is 13.8. The van der Waals surface area contributed by atoms with Gasteiger partial charge >= 0.3 is 0 Å². The average Bonchev–Trinajstić information content (AvgIpc) is 2.29. The molecular weight excluding hydrogens is 277 g/mol. The fourth-order valence-corrected chi connectivity index (χ4v) is 2.40. The Hall–Kier alpha value is -1.06. The lowest BCUT2D eigenvalue weighted by Gasteiger charge is -2.05. The third kappa shape index (κ3) is 1.85. The molecule has 0 unspecified atom stereocenters. The van der Waals surface area contributed by atoms with Gasteiger partial charge in [-0.05, 0) is 32.8 Å². The van der Waals surface area contributed by atoms with Crippen LogP contribution in [0.25, 0.3) is 10.8 Å². The van der Waals surface area contributed by atoms with Crippen molar-refractivity contribution in [1.29, 1.82) is 0 Å². The number of hydrogen-bond acceptors (Lipinski definition) is 2. The zero-order valence-electron chi connectivity index (χ0n) is 7.61. The summed E-state index contributed by atoms with van der Waals surface area (Å²) in [5.41, 5.74) is 0.679. The molecule has 0 atom stereocenters. The second-order valence-electron chi connectivity index (χ2n) is 3.04. The Morgan fingerprint density at radius 1 is 1.20 bits per heavy atom. The monoisotopic (exact) mass is 283 g/mol. The van der Waals surface area contributed by atoms with E-state index in [1.807, 2.05) is 36.4 Å². The second-order valence-corrected chi connectivity index (χ2v) is 4.19. The Kier molecular flexibility index (Phi) is 2.93. The summed E-state index contributed by atoms with van der Waals surface area (Å²) in [5.74, 6) is 0. The van der Waals surface area contributed by atoms with E-state index in [4.69, 9.17) is 16.8 Å². The zero-order chi connectivity index (χ0) is 10.8. The highest BCUT2D eigenvalue weighted by Crippen LogP contribution is 2.28. The molecule has 0 aromatic heterocycles. The number of halogens is 2. The van der Waals surface area contributed by atoms with Crippen molar-refractivity contribution in [3.05, 3.63) is 46.4 Å². The van der Waals surface area contributed by atoms with Crippen LogP contribution in [-0.2, 0) is 0 Å². The van der Waals surface area contributed by atoms with Crippen LogP contribution in [0.5, 0.6) is 0 Å². The third-order valence-electron chi connectivity index (χ3n) is 2.17. The largest absolute Gasteiger partial charge is 0.410 e. The Labute approximate surface area is 100 Å². The molecule has 0 bridgehead atoms. The van der Waals surface area contributed by atoms with Crippen LogP contribution in [-0.4, -0.2) is 10.4 Å². The van der Waals surface area contributed by atoms with Crippen molar-refractivity contribution < 1.29 is 5.21 Å². The van der Waals surface area contributed by atoms with Gasteiger partial charge in [0.2, 0.25) is 0 Å². The molecule has 0 amide bonds. The number of fused-ring (bicyclic) bond motifs is 1. The van der Waals surface area contributed by atoms with E-state index in [1.165, 1.54) is 0 Å². The van der Waals surface area contributed by atoms with E-state index in [2.05, 4.69) is 21.1 Å². The van der Waals surface area contributed by atoms with Crippen molar-refractivity contribution >= 4 is 43.5 Å². The van der Waals surface area contributed by atoms with Gasteiger partial charge in [-0.15, -0.1) is 0 Å². The van der Waals surface area contributed by atoms with E-state index in [9.17, 15) is 0 Å². The van der Waals surface area contributed by atoms with Crippen LogP contribution < -0.4 is 0 Å². The summed E-state index contributed by atoms with van der Waals surface area (Å²) in [6.45, 7) is 0. The van der Waals surface area contributed by atoms with E-state index in [1.54, 1.807) is 0 Å². The molecule has 15 heavy (non-hydrogen) atoms. The first-order valence-corrected chi connectivity index (χ1v) is 5.46. The van der Waals surface area contributed by atoms with E-state index in [0.717, 1.165) is 15.2 Å². The molecule has 0 heterocycles. The molecule has 4 heteroatoms. The van der Waals surface area contributed by atoms with Gasteiger partial charge in [0.1, 0.15) is 0 Å². The molecule has 1 N–H and O–H groups in total. The van der Waals surface area contributed by atoms with Crippen molar-refractivity contribution in [3.8, 4) is 0 Å². The summed E-state index contributed by atoms with van der Waals surface area (Å²) in [4.78, 5) is 0. The van der Waals surface area contributed by atoms with Crippen molar-refractivity contribution in [2.24, 2.45) is 5.16 Å². The number of oxime groups is 1. The minimum absolute atomic E-state index is 0.0765. The van der Waals surface area contributed by atoms with E-state index < -0.39 is 0 Å². The zero-order valence-corrected chi connectivity index (χ0v) is 9.96. The molecule has 0 saturated heterocycles. The molecule has 2 aromatic rings. The molecule has 0 aliphatic heterocycles. The summed E-state index contributed by atoms with van der Waals surface area (Å²) >= 11 is 9.21. The lowest BCUT2D eigenvalue weighted by molar-refractivity contribution is 0.321. The molecule has 0 radical (unpaired) electrons. The minimum Gasteiger partial charge on any atom is -0.410 e. The number of rotatable bonds is 1. The summed E-state index contributed by atoms with van der Waals surface area (Å²) < 4.78 is 0.836. The summed E-state index contributed by atoms with van der Waals surface area (Å²) in [6, 6.07) is 11.6. The quantitative estimate of drug-likeness (QED) is 0.479. The van der Waals surface area contributed by atoms with Gasteiger partial charge in [0.05, 0.1) is 0 Å². The first-order chi connectivity index (χ1) is 7.24. The highest BCUT2D eigenvalue weighted by molar-refractivity contribution is 9.10. The lowest BCUT2D eigenvalue weighted by atomic mass is 10.1. The maximum atomic E-state index is 8.62. The molecule has 0 spiro atoms. The standard InChI is InChI=1S/C11H7BrClNO/c12-10-8-4-2-1-3-7(8)5-6-9(10)11(13)14-15/h1-6,15H. The molecule has 2 rings (SSSR count). The fraction of sp³-hybridized carbons (Fsp3) is 0. The first kappa shape index (κ1) is 10.5. The molecule has 2 nitrogen and oxygen atoms in total. The third-order valence-corrected chi connectivity index (χ3v) is 3.31. The summed E-state index contributed by atoms with van der Waals surface area (Å²) in [7, 11) is 0. The summed E-state index contributed by atoms with van der Waals surface area (Å²) in [6.07, 6.45) is 0. The van der Waals surface area contributed by atoms with Crippen molar-refractivity contribution in [1.82, 2.24) is 0 Å². The van der Waals surface area contributed by atoms with Crippen LogP contribution in [0.3, 0.4) is 0 Å². The van der Waals surface area contributed by atoms with Crippen molar-refractivity contribution in [3.63, 3.8) is 0 Å². The Morgan fingerprint density at radius 3 is 2.67 bits per heavy atom. The molecule has 0 aliphatic rings. The van der Waals surface area contributed by atoms with Crippen LogP contribution in [0.1, 0.15) is 5.56 Å². The number of hydrogen-bond donors (Lipinski definition) is 1. The van der Waals surface area contributed by atoms with Gasteiger partial charge in [-0.1, -0.05) is 47.1 Å². The van der Waals surface area contributed by atoms with Crippen LogP contribution in [0.2, 0.25) is 0 Å². The number of benzene rings is 2. The first-order valence-electron chi connectivity index (χ1n) is 4.29. The lowest BCUT2D eigenvalue weighted by Crippen LogP contribution is -1.93. The van der Waals surface area contributed by atoms with Gasteiger partial charge in [-0.25, -0.2) is 0 Å². The average molecular weight is 285 g/mol. The van der Waals surface area contributed by atoms with E-state index >= 15 is 0 Å². The predicted octanol–water partition coefficient (Wildman–Crippen LogP) is 3.98. The van der Waals surface area contributed by atoms with Gasteiger partial charge in [0.25, 0.3) is 0 Å². The maximum absolute atomic E-state index is 8.62. The molecular formula is C11H7BrClNO. The molecule has 0 fully saturated rings. The van der Waals surface area contributed by atoms with Crippen LogP contribution >= 0.6 is 27.5 Å². The predicted molar refractivity (Wildman–Crippen MR) is 65.8 cm³/mol. The fourth-order valence-electron chi connectivity index (χ4n) is 1.45. The SMILES string of the molecule is ON=C(Cl)c1ccc2ccccc2c1Br. The van der Waals surface area contributed by atoms with E-state index in [-0.39, 0.29) is 5.17 Å². The molecule has 0 aliphatic carbocycles. The van der Waals surface area contributed by atoms with Crippen molar-refractivity contribution in [2.45, 2.75) is 0 Å².